The van der Waals surface area contributed by atoms with E-state index in [4.69, 9.17) is 9.11 Å². The molecule has 0 rings (SSSR count). The van der Waals surface area contributed by atoms with Crippen LogP contribution in [0.2, 0.25) is 0 Å². The molecule has 0 aromatic rings. The average Bonchev–Trinajstić information content (AvgIpc) is 2.21. The maximum absolute atomic E-state index is 11.2. The lowest BCUT2D eigenvalue weighted by Gasteiger charge is -2.06. The van der Waals surface area contributed by atoms with Gasteiger partial charge in [0.05, 0.1) is 6.42 Å². The van der Waals surface area contributed by atoms with Crippen molar-refractivity contribution in [2.45, 2.75) is 6.42 Å². The summed E-state index contributed by atoms with van der Waals surface area (Å²) in [5.41, 5.74) is -0.350. The number of hydrogen-bond donors (Lipinski definition) is 4. The van der Waals surface area contributed by atoms with Crippen LogP contribution in [0.4, 0.5) is 0 Å². The third kappa shape index (κ3) is 10.1. The molecule has 0 saturated heterocycles. The van der Waals surface area contributed by atoms with Crippen LogP contribution in [0.1, 0.15) is 6.42 Å². The fraction of sp³-hybridized carbons (Fsp3) is 0.429. The third-order valence-electron chi connectivity index (χ3n) is 1.56. The minimum Gasteiger partial charge on any atom is -0.340 e. The summed E-state index contributed by atoms with van der Waals surface area (Å²) in [7, 11) is -8.78. The fourth-order valence-corrected chi connectivity index (χ4v) is 1.45. The van der Waals surface area contributed by atoms with Gasteiger partial charge in [-0.2, -0.15) is 16.8 Å². The van der Waals surface area contributed by atoms with Crippen LogP contribution in [-0.4, -0.2) is 49.5 Å². The summed E-state index contributed by atoms with van der Waals surface area (Å²) in [6.07, 6.45) is -0.604. The van der Waals surface area contributed by atoms with Gasteiger partial charge in [-0.3, -0.25) is 18.7 Å². The molecule has 0 bridgehead atoms. The largest absolute Gasteiger partial charge is 0.340 e. The molecule has 0 aliphatic rings. The van der Waals surface area contributed by atoms with Crippen molar-refractivity contribution in [2.75, 3.05) is 11.8 Å². The highest BCUT2D eigenvalue weighted by atomic mass is 32.2. The predicted octanol–water partition coefficient (Wildman–Crippen LogP) is -2.14. The standard InChI is InChI=1S/C7H12N2O8S2/c1-5(7(11)9-4-19(15,16)17)2-6(10)8-3-18(12,13)14/h1-4H2,(H,8,10)(H,9,11)(H,12,13,14)(H,15,16,17). The third-order valence-corrected chi connectivity index (χ3v) is 2.58. The second-order valence-corrected chi connectivity index (χ2v) is 6.24. The van der Waals surface area contributed by atoms with E-state index in [1.807, 2.05) is 0 Å². The van der Waals surface area contributed by atoms with Gasteiger partial charge >= 0.3 is 0 Å². The molecular weight excluding hydrogens is 304 g/mol. The lowest BCUT2D eigenvalue weighted by atomic mass is 10.2. The molecule has 0 spiro atoms. The van der Waals surface area contributed by atoms with E-state index in [9.17, 15) is 26.4 Å². The highest BCUT2D eigenvalue weighted by Gasteiger charge is 2.15. The van der Waals surface area contributed by atoms with Crippen molar-refractivity contribution in [1.82, 2.24) is 10.6 Å². The van der Waals surface area contributed by atoms with E-state index in [-0.39, 0.29) is 5.57 Å². The van der Waals surface area contributed by atoms with Crippen molar-refractivity contribution in [2.24, 2.45) is 0 Å². The Morgan fingerprint density at radius 2 is 1.37 bits per heavy atom. The quantitative estimate of drug-likeness (QED) is 0.305. The molecule has 0 heterocycles. The summed E-state index contributed by atoms with van der Waals surface area (Å²) in [6.45, 7) is 3.18. The second kappa shape index (κ2) is 6.60. The van der Waals surface area contributed by atoms with Crippen molar-refractivity contribution < 1.29 is 35.5 Å². The molecule has 0 fully saturated rings. The Bertz CT molecular complexity index is 576. The molecule has 2 amide bonds. The summed E-state index contributed by atoms with van der Waals surface area (Å²) in [5, 5.41) is 3.57. The van der Waals surface area contributed by atoms with Gasteiger partial charge in [-0.1, -0.05) is 6.58 Å². The van der Waals surface area contributed by atoms with Gasteiger partial charge in [-0.15, -0.1) is 0 Å². The summed E-state index contributed by atoms with van der Waals surface area (Å²) < 4.78 is 58.0. The Kier molecular flexibility index (Phi) is 6.08. The van der Waals surface area contributed by atoms with Gasteiger partial charge in [0.15, 0.2) is 0 Å². The molecule has 0 aromatic heterocycles. The maximum atomic E-state index is 11.2. The number of amides is 2. The van der Waals surface area contributed by atoms with E-state index in [1.165, 1.54) is 0 Å². The molecular formula is C7H12N2O8S2. The number of hydrogen-bond acceptors (Lipinski definition) is 6. The first-order valence-corrected chi connectivity index (χ1v) is 7.75. The Balaban J connectivity index is 4.23. The molecule has 0 radical (unpaired) electrons. The number of carbonyl (C=O) groups excluding carboxylic acids is 2. The minimum atomic E-state index is -4.40. The van der Waals surface area contributed by atoms with Crippen molar-refractivity contribution in [3.05, 3.63) is 12.2 Å². The van der Waals surface area contributed by atoms with E-state index >= 15 is 0 Å². The maximum Gasteiger partial charge on any atom is 0.283 e. The molecule has 10 nitrogen and oxygen atoms in total. The molecule has 4 N–H and O–H groups in total. The van der Waals surface area contributed by atoms with Crippen LogP contribution in [0.25, 0.3) is 0 Å². The van der Waals surface area contributed by atoms with Gasteiger partial charge in [-0.25, -0.2) is 0 Å². The Morgan fingerprint density at radius 1 is 0.947 bits per heavy atom. The zero-order chi connectivity index (χ0) is 15.3. The lowest BCUT2D eigenvalue weighted by Crippen LogP contribution is -2.33. The first-order chi connectivity index (χ1) is 8.41. The highest BCUT2D eigenvalue weighted by Crippen LogP contribution is 1.98. The molecule has 110 valence electrons. The van der Waals surface area contributed by atoms with E-state index in [0.29, 0.717) is 0 Å². The van der Waals surface area contributed by atoms with Crippen LogP contribution in [-0.2, 0) is 29.8 Å². The smallest absolute Gasteiger partial charge is 0.283 e. The Morgan fingerprint density at radius 3 is 1.79 bits per heavy atom. The van der Waals surface area contributed by atoms with Crippen molar-refractivity contribution in [1.29, 1.82) is 0 Å². The zero-order valence-electron chi connectivity index (χ0n) is 9.49. The van der Waals surface area contributed by atoms with E-state index < -0.39 is 50.2 Å². The van der Waals surface area contributed by atoms with Crippen molar-refractivity contribution >= 4 is 32.1 Å². The fourth-order valence-electron chi connectivity index (χ4n) is 0.790. The van der Waals surface area contributed by atoms with Crippen LogP contribution >= 0.6 is 0 Å². The highest BCUT2D eigenvalue weighted by molar-refractivity contribution is 7.86. The molecule has 0 saturated carbocycles. The number of carbonyl (C=O) groups is 2. The van der Waals surface area contributed by atoms with Gasteiger partial charge in [0.2, 0.25) is 11.8 Å². The lowest BCUT2D eigenvalue weighted by molar-refractivity contribution is -0.122. The first kappa shape index (κ1) is 17.5. The first-order valence-electron chi connectivity index (χ1n) is 4.54. The van der Waals surface area contributed by atoms with E-state index in [1.54, 1.807) is 10.6 Å². The molecule has 12 heteroatoms. The van der Waals surface area contributed by atoms with Gasteiger partial charge < -0.3 is 10.6 Å². The van der Waals surface area contributed by atoms with Gasteiger partial charge in [0.25, 0.3) is 20.2 Å². The Labute approximate surface area is 109 Å². The molecule has 0 atom stereocenters. The zero-order valence-corrected chi connectivity index (χ0v) is 11.1. The van der Waals surface area contributed by atoms with Crippen molar-refractivity contribution in [3.8, 4) is 0 Å². The van der Waals surface area contributed by atoms with Crippen LogP contribution in [0, 0.1) is 0 Å². The summed E-state index contributed by atoms with van der Waals surface area (Å²) >= 11 is 0. The average molecular weight is 316 g/mol. The van der Waals surface area contributed by atoms with Gasteiger partial charge in [0, 0.05) is 5.57 Å². The van der Waals surface area contributed by atoms with Crippen LogP contribution in [0.5, 0.6) is 0 Å². The second-order valence-electron chi connectivity index (χ2n) is 3.34. The Hall–Kier alpha value is -1.50. The van der Waals surface area contributed by atoms with Crippen molar-refractivity contribution in [3.63, 3.8) is 0 Å². The SMILES string of the molecule is C=C(CC(=O)NCS(=O)(=O)O)C(=O)NCS(=O)(=O)O. The van der Waals surface area contributed by atoms with Gasteiger partial charge in [0.1, 0.15) is 11.8 Å². The van der Waals surface area contributed by atoms with Gasteiger partial charge in [-0.05, 0) is 0 Å². The molecule has 19 heavy (non-hydrogen) atoms. The topological polar surface area (TPSA) is 167 Å². The summed E-state index contributed by atoms with van der Waals surface area (Å²) in [4.78, 5) is 22.3. The monoisotopic (exact) mass is 316 g/mol. The molecule has 0 aromatic carbocycles. The normalized spacial score (nSPS) is 11.7. The molecule has 0 aliphatic heterocycles. The number of rotatable bonds is 7. The molecule has 0 unspecified atom stereocenters. The molecule has 0 aliphatic carbocycles. The van der Waals surface area contributed by atoms with E-state index in [2.05, 4.69) is 6.58 Å². The van der Waals surface area contributed by atoms with Crippen LogP contribution < -0.4 is 10.6 Å². The number of nitrogens with one attached hydrogen (secondary N) is 2. The summed E-state index contributed by atoms with van der Waals surface area (Å²) in [5.74, 6) is -3.98. The minimum absolute atomic E-state index is 0.350. The van der Waals surface area contributed by atoms with E-state index in [0.717, 1.165) is 0 Å². The van der Waals surface area contributed by atoms with Crippen LogP contribution in [0.15, 0.2) is 12.2 Å². The summed E-state index contributed by atoms with van der Waals surface area (Å²) in [6, 6.07) is 0. The predicted molar refractivity (Wildman–Crippen MR) is 62.9 cm³/mol. The van der Waals surface area contributed by atoms with Crippen LogP contribution in [0.3, 0.4) is 0 Å².